The highest BCUT2D eigenvalue weighted by Gasteiger charge is 2.13. The van der Waals surface area contributed by atoms with Gasteiger partial charge in [-0.1, -0.05) is 6.92 Å². The first-order chi connectivity index (χ1) is 8.79. The molecular weight excluding hydrogens is 326 g/mol. The van der Waals surface area contributed by atoms with Gasteiger partial charge in [0.1, 0.15) is 0 Å². The standard InChI is InChI=1S/C14H18BrNS2/c1-2-8-16-12(13-5-6-14(15)18-13)4-3-11-7-9-17-10-11/h5-7,9-10,12,16H,2-4,8H2,1H3. The average Bonchev–Trinajstić information content (AvgIpc) is 3.01. The maximum atomic E-state index is 3.65. The number of halogens is 1. The molecule has 1 nitrogen and oxygen atoms in total. The van der Waals surface area contributed by atoms with E-state index >= 15 is 0 Å². The van der Waals surface area contributed by atoms with Crippen molar-refractivity contribution in [2.24, 2.45) is 0 Å². The maximum Gasteiger partial charge on any atom is 0.0701 e. The predicted octanol–water partition coefficient (Wildman–Crippen LogP) is 5.25. The SMILES string of the molecule is CCCNC(CCc1ccsc1)c1ccc(Br)s1. The third kappa shape index (κ3) is 4.19. The Morgan fingerprint density at radius 1 is 1.33 bits per heavy atom. The quantitative estimate of drug-likeness (QED) is 0.724. The summed E-state index contributed by atoms with van der Waals surface area (Å²) in [5, 5.41) is 8.06. The highest BCUT2D eigenvalue weighted by atomic mass is 79.9. The minimum atomic E-state index is 0.487. The number of aryl methyl sites for hydroxylation is 1. The van der Waals surface area contributed by atoms with Gasteiger partial charge in [-0.05, 0) is 76.3 Å². The molecule has 0 aliphatic heterocycles. The second-order valence-electron chi connectivity index (χ2n) is 4.32. The molecule has 0 aromatic carbocycles. The number of rotatable bonds is 7. The summed E-state index contributed by atoms with van der Waals surface area (Å²) in [6, 6.07) is 7.09. The van der Waals surface area contributed by atoms with Gasteiger partial charge in [-0.15, -0.1) is 11.3 Å². The summed E-state index contributed by atoms with van der Waals surface area (Å²) >= 11 is 7.17. The molecule has 0 aliphatic carbocycles. The molecule has 0 fully saturated rings. The smallest absolute Gasteiger partial charge is 0.0701 e. The summed E-state index contributed by atoms with van der Waals surface area (Å²) < 4.78 is 1.22. The molecule has 0 radical (unpaired) electrons. The van der Waals surface area contributed by atoms with Gasteiger partial charge >= 0.3 is 0 Å². The highest BCUT2D eigenvalue weighted by molar-refractivity contribution is 9.11. The van der Waals surface area contributed by atoms with E-state index in [9.17, 15) is 0 Å². The van der Waals surface area contributed by atoms with Crippen molar-refractivity contribution in [2.45, 2.75) is 32.2 Å². The highest BCUT2D eigenvalue weighted by Crippen LogP contribution is 2.30. The minimum Gasteiger partial charge on any atom is -0.309 e. The Bertz CT molecular complexity index is 450. The summed E-state index contributed by atoms with van der Waals surface area (Å²) in [5.41, 5.74) is 1.46. The van der Waals surface area contributed by atoms with Crippen LogP contribution < -0.4 is 5.32 Å². The Morgan fingerprint density at radius 2 is 2.22 bits per heavy atom. The van der Waals surface area contributed by atoms with Crippen molar-refractivity contribution in [2.75, 3.05) is 6.54 Å². The van der Waals surface area contributed by atoms with Gasteiger partial charge in [-0.25, -0.2) is 0 Å². The Balaban J connectivity index is 1.96. The van der Waals surface area contributed by atoms with Gasteiger partial charge in [0.15, 0.2) is 0 Å². The van der Waals surface area contributed by atoms with E-state index in [-0.39, 0.29) is 0 Å². The van der Waals surface area contributed by atoms with Gasteiger partial charge in [0, 0.05) is 10.9 Å². The van der Waals surface area contributed by atoms with Gasteiger partial charge in [0.05, 0.1) is 3.79 Å². The van der Waals surface area contributed by atoms with Crippen LogP contribution in [0, 0.1) is 0 Å². The molecule has 1 N–H and O–H groups in total. The van der Waals surface area contributed by atoms with Crippen molar-refractivity contribution in [1.82, 2.24) is 5.32 Å². The monoisotopic (exact) mass is 343 g/mol. The predicted molar refractivity (Wildman–Crippen MR) is 85.7 cm³/mol. The summed E-state index contributed by atoms with van der Waals surface area (Å²) in [4.78, 5) is 1.44. The first-order valence-corrected chi connectivity index (χ1v) is 8.84. The minimum absolute atomic E-state index is 0.487. The Kier molecular flexibility index (Phi) is 5.89. The molecule has 0 amide bonds. The molecule has 18 heavy (non-hydrogen) atoms. The molecule has 4 heteroatoms. The van der Waals surface area contributed by atoms with E-state index in [0.29, 0.717) is 6.04 Å². The van der Waals surface area contributed by atoms with Crippen LogP contribution in [0.25, 0.3) is 0 Å². The van der Waals surface area contributed by atoms with Crippen molar-refractivity contribution in [3.05, 3.63) is 43.2 Å². The van der Waals surface area contributed by atoms with E-state index < -0.39 is 0 Å². The number of nitrogens with one attached hydrogen (secondary N) is 1. The molecule has 2 rings (SSSR count). The summed E-state index contributed by atoms with van der Waals surface area (Å²) in [6.45, 7) is 3.30. The lowest BCUT2D eigenvalue weighted by atomic mass is 10.1. The van der Waals surface area contributed by atoms with Gasteiger partial charge in [0.25, 0.3) is 0 Å². The molecular formula is C14H18BrNS2. The molecule has 2 aromatic rings. The molecule has 1 unspecified atom stereocenters. The van der Waals surface area contributed by atoms with Crippen molar-refractivity contribution in [3.8, 4) is 0 Å². The molecule has 0 saturated carbocycles. The first-order valence-electron chi connectivity index (χ1n) is 6.29. The summed E-state index contributed by atoms with van der Waals surface area (Å²) in [7, 11) is 0. The van der Waals surface area contributed by atoms with Crippen LogP contribution in [-0.2, 0) is 6.42 Å². The number of thiophene rings is 2. The van der Waals surface area contributed by atoms with Crippen LogP contribution in [0.15, 0.2) is 32.7 Å². The van der Waals surface area contributed by atoms with E-state index in [4.69, 9.17) is 0 Å². The van der Waals surface area contributed by atoms with Crippen LogP contribution >= 0.6 is 38.6 Å². The lowest BCUT2D eigenvalue weighted by Crippen LogP contribution is -2.21. The topological polar surface area (TPSA) is 12.0 Å². The van der Waals surface area contributed by atoms with Gasteiger partial charge in [-0.3, -0.25) is 0 Å². The lowest BCUT2D eigenvalue weighted by Gasteiger charge is -2.16. The van der Waals surface area contributed by atoms with Crippen LogP contribution in [0.5, 0.6) is 0 Å². The molecule has 98 valence electrons. The Morgan fingerprint density at radius 3 is 2.83 bits per heavy atom. The second kappa shape index (κ2) is 7.43. The van der Waals surface area contributed by atoms with E-state index in [1.807, 2.05) is 11.3 Å². The molecule has 0 bridgehead atoms. The Hall–Kier alpha value is -0.160. The van der Waals surface area contributed by atoms with Crippen molar-refractivity contribution in [3.63, 3.8) is 0 Å². The van der Waals surface area contributed by atoms with Crippen molar-refractivity contribution < 1.29 is 0 Å². The van der Waals surface area contributed by atoms with Gasteiger partial charge in [0.2, 0.25) is 0 Å². The van der Waals surface area contributed by atoms with Crippen molar-refractivity contribution >= 4 is 38.6 Å². The zero-order valence-corrected chi connectivity index (χ0v) is 13.7. The van der Waals surface area contributed by atoms with Crippen LogP contribution in [-0.4, -0.2) is 6.54 Å². The molecule has 2 aromatic heterocycles. The second-order valence-corrected chi connectivity index (χ2v) is 7.59. The van der Waals surface area contributed by atoms with E-state index in [2.05, 4.69) is 57.1 Å². The summed E-state index contributed by atoms with van der Waals surface area (Å²) in [6.07, 6.45) is 3.51. The third-order valence-electron chi connectivity index (χ3n) is 2.88. The van der Waals surface area contributed by atoms with Gasteiger partial charge in [-0.2, -0.15) is 11.3 Å². The normalized spacial score (nSPS) is 12.8. The Labute approximate surface area is 125 Å². The van der Waals surface area contributed by atoms with E-state index in [1.165, 1.54) is 27.1 Å². The maximum absolute atomic E-state index is 3.65. The average molecular weight is 344 g/mol. The van der Waals surface area contributed by atoms with E-state index in [1.54, 1.807) is 11.3 Å². The van der Waals surface area contributed by atoms with E-state index in [0.717, 1.165) is 13.0 Å². The lowest BCUT2D eigenvalue weighted by molar-refractivity contribution is 0.506. The molecule has 0 saturated heterocycles. The fraction of sp³-hybridized carbons (Fsp3) is 0.429. The van der Waals surface area contributed by atoms with Crippen LogP contribution in [0.1, 0.15) is 36.2 Å². The third-order valence-corrected chi connectivity index (χ3v) is 5.35. The zero-order chi connectivity index (χ0) is 12.8. The fourth-order valence-electron chi connectivity index (χ4n) is 1.92. The van der Waals surface area contributed by atoms with Crippen LogP contribution in [0.4, 0.5) is 0 Å². The molecule has 2 heterocycles. The van der Waals surface area contributed by atoms with Crippen LogP contribution in [0.3, 0.4) is 0 Å². The van der Waals surface area contributed by atoms with Crippen molar-refractivity contribution in [1.29, 1.82) is 0 Å². The molecule has 0 aliphatic rings. The molecule has 1 atom stereocenters. The largest absolute Gasteiger partial charge is 0.309 e. The summed E-state index contributed by atoms with van der Waals surface area (Å²) in [5.74, 6) is 0. The van der Waals surface area contributed by atoms with Gasteiger partial charge < -0.3 is 5.32 Å². The number of hydrogen-bond donors (Lipinski definition) is 1. The number of hydrogen-bond acceptors (Lipinski definition) is 3. The molecule has 0 spiro atoms. The first kappa shape index (κ1) is 14.3. The zero-order valence-electron chi connectivity index (χ0n) is 10.5. The van der Waals surface area contributed by atoms with Crippen LogP contribution in [0.2, 0.25) is 0 Å². The fourth-order valence-corrected chi connectivity index (χ4v) is 4.16.